The molecule has 1 aliphatic rings. The first-order valence-corrected chi connectivity index (χ1v) is 8.51. The molecule has 1 heterocycles. The Morgan fingerprint density at radius 1 is 1.14 bits per heavy atom. The second-order valence-electron chi connectivity index (χ2n) is 7.70. The van der Waals surface area contributed by atoms with Gasteiger partial charge < -0.3 is 5.32 Å². The first kappa shape index (κ1) is 16.5. The van der Waals surface area contributed by atoms with Gasteiger partial charge in [-0.15, -0.1) is 0 Å². The van der Waals surface area contributed by atoms with Crippen LogP contribution >= 0.6 is 0 Å². The average molecular weight is 288 g/mol. The third-order valence-electron chi connectivity index (χ3n) is 5.91. The molecule has 0 aromatic carbocycles. The van der Waals surface area contributed by atoms with Crippen molar-refractivity contribution in [3.05, 3.63) is 29.6 Å². The van der Waals surface area contributed by atoms with Crippen LogP contribution < -0.4 is 5.32 Å². The monoisotopic (exact) mass is 288 g/mol. The number of hydrogen-bond acceptors (Lipinski definition) is 2. The number of nitrogens with zero attached hydrogens (tertiary/aromatic N) is 1. The normalized spacial score (nSPS) is 21.2. The summed E-state index contributed by atoms with van der Waals surface area (Å²) in [5.41, 5.74) is 3.38. The van der Waals surface area contributed by atoms with E-state index in [1.165, 1.54) is 17.7 Å². The number of nitrogens with one attached hydrogen (secondary N) is 1. The number of rotatable bonds is 7. The summed E-state index contributed by atoms with van der Waals surface area (Å²) >= 11 is 0. The third-order valence-corrected chi connectivity index (χ3v) is 5.91. The third kappa shape index (κ3) is 3.15. The highest BCUT2D eigenvalue weighted by Gasteiger charge is 2.66. The van der Waals surface area contributed by atoms with E-state index in [0.29, 0.717) is 16.9 Å². The van der Waals surface area contributed by atoms with Gasteiger partial charge in [-0.1, -0.05) is 47.6 Å². The Hall–Kier alpha value is -0.890. The molecular weight excluding hydrogens is 256 g/mol. The van der Waals surface area contributed by atoms with Gasteiger partial charge in [-0.2, -0.15) is 0 Å². The molecule has 1 atom stereocenters. The van der Waals surface area contributed by atoms with Gasteiger partial charge in [0.05, 0.1) is 0 Å². The maximum absolute atomic E-state index is 4.66. The summed E-state index contributed by atoms with van der Waals surface area (Å²) in [5, 5.41) is 3.78. The lowest BCUT2D eigenvalue weighted by atomic mass is 9.98. The highest BCUT2D eigenvalue weighted by Crippen LogP contribution is 2.69. The molecule has 2 rings (SSSR count). The van der Waals surface area contributed by atoms with Crippen LogP contribution in [0.1, 0.15) is 59.2 Å². The molecule has 1 aromatic rings. The Labute approximate surface area is 130 Å². The van der Waals surface area contributed by atoms with E-state index in [-0.39, 0.29) is 0 Å². The second-order valence-corrected chi connectivity index (χ2v) is 7.70. The van der Waals surface area contributed by atoms with Crippen LogP contribution in [0.4, 0.5) is 0 Å². The molecule has 2 nitrogen and oxygen atoms in total. The van der Waals surface area contributed by atoms with Crippen molar-refractivity contribution < 1.29 is 0 Å². The van der Waals surface area contributed by atoms with E-state index in [2.05, 4.69) is 64.0 Å². The molecule has 0 radical (unpaired) electrons. The molecule has 118 valence electrons. The van der Waals surface area contributed by atoms with Crippen molar-refractivity contribution in [1.82, 2.24) is 10.3 Å². The topological polar surface area (TPSA) is 24.9 Å². The minimum absolute atomic E-state index is 0.418. The highest BCUT2D eigenvalue weighted by atomic mass is 15.0. The summed E-state index contributed by atoms with van der Waals surface area (Å²) in [5.74, 6) is 0.726. The van der Waals surface area contributed by atoms with Gasteiger partial charge >= 0.3 is 0 Å². The summed E-state index contributed by atoms with van der Waals surface area (Å²) in [4.78, 5) is 4.66. The Balaban J connectivity index is 2.10. The predicted molar refractivity (Wildman–Crippen MR) is 90.5 cm³/mol. The quantitative estimate of drug-likeness (QED) is 0.812. The average Bonchev–Trinajstić information content (AvgIpc) is 2.86. The van der Waals surface area contributed by atoms with Gasteiger partial charge in [-0.05, 0) is 47.8 Å². The SMILES string of the molecule is CCCNC(Cc1ccc(CC)cn1)C1C(C)(C)C1(C)C. The first-order chi connectivity index (χ1) is 9.84. The Kier molecular flexibility index (Phi) is 4.77. The molecule has 21 heavy (non-hydrogen) atoms. The molecule has 0 spiro atoms. The molecule has 0 amide bonds. The maximum atomic E-state index is 4.66. The molecule has 1 fully saturated rings. The van der Waals surface area contributed by atoms with Gasteiger partial charge in [0.15, 0.2) is 0 Å². The van der Waals surface area contributed by atoms with Crippen molar-refractivity contribution in [1.29, 1.82) is 0 Å². The van der Waals surface area contributed by atoms with Crippen LogP contribution in [0.25, 0.3) is 0 Å². The van der Waals surface area contributed by atoms with Crippen LogP contribution in [0.15, 0.2) is 18.3 Å². The van der Waals surface area contributed by atoms with Gasteiger partial charge in [0.1, 0.15) is 0 Å². The Morgan fingerprint density at radius 2 is 1.81 bits per heavy atom. The lowest BCUT2D eigenvalue weighted by Crippen LogP contribution is -2.36. The van der Waals surface area contributed by atoms with Crippen molar-refractivity contribution in [3.63, 3.8) is 0 Å². The van der Waals surface area contributed by atoms with Crippen molar-refractivity contribution >= 4 is 0 Å². The van der Waals surface area contributed by atoms with Gasteiger partial charge in [-0.25, -0.2) is 0 Å². The molecule has 1 unspecified atom stereocenters. The summed E-state index contributed by atoms with van der Waals surface area (Å²) in [6.45, 7) is 15.1. The van der Waals surface area contributed by atoms with Gasteiger partial charge in [-0.3, -0.25) is 4.98 Å². The van der Waals surface area contributed by atoms with Crippen LogP contribution in [0.5, 0.6) is 0 Å². The molecule has 1 saturated carbocycles. The largest absolute Gasteiger partial charge is 0.313 e. The van der Waals surface area contributed by atoms with Crippen LogP contribution in [-0.4, -0.2) is 17.6 Å². The van der Waals surface area contributed by atoms with Crippen molar-refractivity contribution in [3.8, 4) is 0 Å². The fraction of sp³-hybridized carbons (Fsp3) is 0.737. The van der Waals surface area contributed by atoms with Crippen LogP contribution in [0, 0.1) is 16.7 Å². The van der Waals surface area contributed by atoms with Crippen molar-refractivity contribution in [2.45, 2.75) is 66.8 Å². The zero-order chi connectivity index (χ0) is 15.7. The van der Waals surface area contributed by atoms with Crippen molar-refractivity contribution in [2.24, 2.45) is 16.7 Å². The minimum Gasteiger partial charge on any atom is -0.313 e. The van der Waals surface area contributed by atoms with E-state index in [0.717, 1.165) is 25.3 Å². The lowest BCUT2D eigenvalue weighted by Gasteiger charge is -2.21. The highest BCUT2D eigenvalue weighted by molar-refractivity contribution is 5.20. The standard InChI is InChI=1S/C19H32N2/c1-7-11-20-16(17-18(3,4)19(17,5)6)12-15-10-9-14(8-2)13-21-15/h9-10,13,16-17,20H,7-8,11-12H2,1-6H3. The number of pyridine rings is 1. The van der Waals surface area contributed by atoms with Crippen LogP contribution in [0.2, 0.25) is 0 Å². The molecule has 1 N–H and O–H groups in total. The Morgan fingerprint density at radius 3 is 2.24 bits per heavy atom. The van der Waals surface area contributed by atoms with Gasteiger partial charge in [0, 0.05) is 24.4 Å². The molecule has 0 saturated heterocycles. The zero-order valence-electron chi connectivity index (χ0n) is 14.7. The van der Waals surface area contributed by atoms with Gasteiger partial charge in [0.2, 0.25) is 0 Å². The van der Waals surface area contributed by atoms with Crippen molar-refractivity contribution in [2.75, 3.05) is 6.54 Å². The first-order valence-electron chi connectivity index (χ1n) is 8.51. The molecule has 0 bridgehead atoms. The molecule has 2 heteroatoms. The fourth-order valence-electron chi connectivity index (χ4n) is 3.90. The van der Waals surface area contributed by atoms with E-state index in [4.69, 9.17) is 0 Å². The molecular formula is C19H32N2. The van der Waals surface area contributed by atoms with E-state index in [9.17, 15) is 0 Å². The second kappa shape index (κ2) is 6.08. The van der Waals surface area contributed by atoms with E-state index < -0.39 is 0 Å². The molecule has 1 aliphatic carbocycles. The summed E-state index contributed by atoms with van der Waals surface area (Å²) < 4.78 is 0. The fourth-order valence-corrected chi connectivity index (χ4v) is 3.90. The van der Waals surface area contributed by atoms with E-state index in [1.54, 1.807) is 0 Å². The molecule has 1 aromatic heterocycles. The predicted octanol–water partition coefficient (Wildman–Crippen LogP) is 4.24. The van der Waals surface area contributed by atoms with E-state index in [1.807, 2.05) is 6.20 Å². The Bertz CT molecular complexity index is 445. The minimum atomic E-state index is 0.418. The summed E-state index contributed by atoms with van der Waals surface area (Å²) in [6, 6.07) is 4.97. The van der Waals surface area contributed by atoms with E-state index >= 15 is 0 Å². The molecule has 0 aliphatic heterocycles. The maximum Gasteiger partial charge on any atom is 0.0419 e. The number of aryl methyl sites for hydroxylation is 1. The zero-order valence-corrected chi connectivity index (χ0v) is 14.7. The smallest absolute Gasteiger partial charge is 0.0419 e. The summed E-state index contributed by atoms with van der Waals surface area (Å²) in [6.07, 6.45) is 5.33. The number of hydrogen-bond donors (Lipinski definition) is 1. The number of aromatic nitrogens is 1. The lowest BCUT2D eigenvalue weighted by molar-refractivity contribution is 0.393. The van der Waals surface area contributed by atoms with Crippen LogP contribution in [0.3, 0.4) is 0 Å². The van der Waals surface area contributed by atoms with Crippen LogP contribution in [-0.2, 0) is 12.8 Å². The summed E-state index contributed by atoms with van der Waals surface area (Å²) in [7, 11) is 0. The van der Waals surface area contributed by atoms with Gasteiger partial charge in [0.25, 0.3) is 0 Å².